The highest BCUT2D eigenvalue weighted by molar-refractivity contribution is 8.02. The van der Waals surface area contributed by atoms with E-state index in [0.29, 0.717) is 18.7 Å². The summed E-state index contributed by atoms with van der Waals surface area (Å²) in [5.74, 6) is -1.06. The first-order valence-electron chi connectivity index (χ1n) is 13.1. The minimum Gasteiger partial charge on any atom is -0.494 e. The van der Waals surface area contributed by atoms with Crippen molar-refractivity contribution in [3.8, 4) is 5.75 Å². The van der Waals surface area contributed by atoms with Crippen molar-refractivity contribution in [2.75, 3.05) is 18.5 Å². The molecule has 0 radical (unpaired) electrons. The van der Waals surface area contributed by atoms with Crippen LogP contribution in [0.3, 0.4) is 0 Å². The first-order chi connectivity index (χ1) is 17.1. The summed E-state index contributed by atoms with van der Waals surface area (Å²) in [6.07, 6.45) is 3.22. The molecule has 3 aliphatic rings. The van der Waals surface area contributed by atoms with Crippen LogP contribution in [0.2, 0.25) is 0 Å². The summed E-state index contributed by atoms with van der Waals surface area (Å²) in [4.78, 5) is 42.9. The van der Waals surface area contributed by atoms with E-state index in [-0.39, 0.29) is 30.4 Å². The number of nitrogens with one attached hydrogen (secondary N) is 2. The number of carbonyl (C=O) groups excluding carboxylic acids is 3. The Hall–Kier alpha value is -2.26. The molecule has 0 aliphatic carbocycles. The number of fused-ring (bicyclic) bond motifs is 1. The lowest BCUT2D eigenvalue weighted by atomic mass is 9.66. The molecule has 4 rings (SSSR count). The normalized spacial score (nSPS) is 32.2. The zero-order valence-corrected chi connectivity index (χ0v) is 22.7. The van der Waals surface area contributed by atoms with Crippen molar-refractivity contribution in [3.63, 3.8) is 0 Å². The first kappa shape index (κ1) is 26.8. The molecule has 1 aromatic carbocycles. The summed E-state index contributed by atoms with van der Waals surface area (Å²) in [6, 6.07) is 5.95. The van der Waals surface area contributed by atoms with Gasteiger partial charge in [0.1, 0.15) is 11.8 Å². The zero-order chi connectivity index (χ0) is 26.3. The van der Waals surface area contributed by atoms with Crippen molar-refractivity contribution >= 4 is 35.2 Å². The van der Waals surface area contributed by atoms with E-state index in [1.807, 2.05) is 13.8 Å². The number of aliphatic hydroxyl groups is 1. The Morgan fingerprint density at radius 2 is 1.89 bits per heavy atom. The number of likely N-dealkylation sites (tertiary alicyclic amines) is 1. The molecule has 3 N–H and O–H groups in total. The quantitative estimate of drug-likeness (QED) is 0.440. The van der Waals surface area contributed by atoms with Gasteiger partial charge in [0.05, 0.1) is 35.8 Å². The second kappa shape index (κ2) is 10.2. The number of amides is 3. The third-order valence-corrected chi connectivity index (χ3v) is 10.0. The zero-order valence-electron chi connectivity index (χ0n) is 21.9. The predicted molar refractivity (Wildman–Crippen MR) is 141 cm³/mol. The van der Waals surface area contributed by atoms with Gasteiger partial charge in [0.2, 0.25) is 17.7 Å². The molecule has 3 saturated heterocycles. The van der Waals surface area contributed by atoms with Gasteiger partial charge in [-0.3, -0.25) is 14.4 Å². The molecule has 36 heavy (non-hydrogen) atoms. The monoisotopic (exact) mass is 517 g/mol. The van der Waals surface area contributed by atoms with Gasteiger partial charge < -0.3 is 25.4 Å². The van der Waals surface area contributed by atoms with Gasteiger partial charge in [-0.05, 0) is 71.2 Å². The van der Waals surface area contributed by atoms with Crippen molar-refractivity contribution in [3.05, 3.63) is 24.3 Å². The van der Waals surface area contributed by atoms with Crippen LogP contribution in [0.25, 0.3) is 0 Å². The van der Waals surface area contributed by atoms with Crippen LogP contribution >= 0.6 is 11.8 Å². The smallest absolute Gasteiger partial charge is 0.244 e. The van der Waals surface area contributed by atoms with Crippen molar-refractivity contribution in [1.29, 1.82) is 0 Å². The number of aliphatic hydroxyl groups excluding tert-OH is 1. The van der Waals surface area contributed by atoms with E-state index >= 15 is 0 Å². The third kappa shape index (κ3) is 4.38. The molecule has 1 aromatic rings. The van der Waals surface area contributed by atoms with Crippen LogP contribution < -0.4 is 15.4 Å². The standard InChI is InChI=1S/C27H39N3O5S/c1-6-8-16(3)28-24(33)22-27-14-13-26(5,36-27)20(21(27)25(34)30(22)17(4)15-31)23(32)29-18-9-11-19(12-10-18)35-7-2/h9-12,16-17,20-22,31H,6-8,13-15H2,1-5H3,(H,28,33)(H,29,32)/t16?,17-,20+,21+,22?,26-,27?/m1/s1. The average Bonchev–Trinajstić information content (AvgIpc) is 3.40. The topological polar surface area (TPSA) is 108 Å². The molecular weight excluding hydrogens is 478 g/mol. The number of ether oxygens (including phenoxy) is 1. The molecule has 0 saturated carbocycles. The highest BCUT2D eigenvalue weighted by atomic mass is 32.2. The lowest BCUT2D eigenvalue weighted by molar-refractivity contribution is -0.142. The highest BCUT2D eigenvalue weighted by Crippen LogP contribution is 2.71. The van der Waals surface area contributed by atoms with Gasteiger partial charge in [0.25, 0.3) is 0 Å². The van der Waals surface area contributed by atoms with Gasteiger partial charge in [0, 0.05) is 16.5 Å². The summed E-state index contributed by atoms with van der Waals surface area (Å²) >= 11 is 1.63. The summed E-state index contributed by atoms with van der Waals surface area (Å²) < 4.78 is 4.35. The van der Waals surface area contributed by atoms with Crippen LogP contribution in [-0.2, 0) is 14.4 Å². The van der Waals surface area contributed by atoms with Gasteiger partial charge in [0.15, 0.2) is 0 Å². The fourth-order valence-corrected chi connectivity index (χ4v) is 8.82. The van der Waals surface area contributed by atoms with E-state index in [1.54, 1.807) is 47.9 Å². The third-order valence-electron chi connectivity index (χ3n) is 8.03. The van der Waals surface area contributed by atoms with Crippen molar-refractivity contribution in [2.45, 2.75) is 87.9 Å². The molecule has 7 atom stereocenters. The summed E-state index contributed by atoms with van der Waals surface area (Å²) in [5.41, 5.74) is 0.641. The molecule has 3 fully saturated rings. The minimum absolute atomic E-state index is 0.0164. The van der Waals surface area contributed by atoms with E-state index in [9.17, 15) is 19.5 Å². The fraction of sp³-hybridized carbons (Fsp3) is 0.667. The molecule has 3 amide bonds. The molecule has 3 aliphatic heterocycles. The van der Waals surface area contributed by atoms with Gasteiger partial charge >= 0.3 is 0 Å². The van der Waals surface area contributed by atoms with Gasteiger partial charge in [-0.2, -0.15) is 0 Å². The second-order valence-corrected chi connectivity index (χ2v) is 12.5. The summed E-state index contributed by atoms with van der Waals surface area (Å²) in [7, 11) is 0. The Morgan fingerprint density at radius 1 is 1.19 bits per heavy atom. The van der Waals surface area contributed by atoms with Crippen LogP contribution in [0.5, 0.6) is 5.75 Å². The number of carbonyl (C=O) groups is 3. The molecule has 3 unspecified atom stereocenters. The maximum atomic E-state index is 13.9. The van der Waals surface area contributed by atoms with E-state index < -0.39 is 33.4 Å². The van der Waals surface area contributed by atoms with E-state index in [2.05, 4.69) is 24.5 Å². The molecule has 9 heteroatoms. The molecule has 8 nitrogen and oxygen atoms in total. The molecule has 2 bridgehead atoms. The van der Waals surface area contributed by atoms with Crippen molar-refractivity contribution < 1.29 is 24.2 Å². The highest BCUT2D eigenvalue weighted by Gasteiger charge is 2.77. The molecule has 0 aromatic heterocycles. The number of nitrogens with zero attached hydrogens (tertiary/aromatic N) is 1. The lowest BCUT2D eigenvalue weighted by Gasteiger charge is -2.36. The predicted octanol–water partition coefficient (Wildman–Crippen LogP) is 3.19. The van der Waals surface area contributed by atoms with E-state index in [0.717, 1.165) is 25.0 Å². The van der Waals surface area contributed by atoms with E-state index in [4.69, 9.17) is 4.74 Å². The number of anilines is 1. The van der Waals surface area contributed by atoms with E-state index in [1.165, 1.54) is 0 Å². The van der Waals surface area contributed by atoms with Crippen LogP contribution in [0, 0.1) is 11.8 Å². The molecule has 198 valence electrons. The Bertz CT molecular complexity index is 1000. The number of thioether (sulfide) groups is 1. The maximum Gasteiger partial charge on any atom is 0.244 e. The number of hydrogen-bond acceptors (Lipinski definition) is 6. The maximum absolute atomic E-state index is 13.9. The Morgan fingerprint density at radius 3 is 2.50 bits per heavy atom. The fourth-order valence-electron chi connectivity index (χ4n) is 6.47. The van der Waals surface area contributed by atoms with Gasteiger partial charge in [-0.25, -0.2) is 0 Å². The SMILES string of the molecule is CCCC(C)NC(=O)C1N([C@H](C)CO)C(=O)[C@@H]2[C@@H](C(=O)Nc3ccc(OCC)cc3)[C@@]3(C)CCC12S3. The summed E-state index contributed by atoms with van der Waals surface area (Å²) in [5, 5.41) is 16.1. The number of hydrogen-bond donors (Lipinski definition) is 3. The molecular formula is C27H39N3O5S. The van der Waals surface area contributed by atoms with Crippen molar-refractivity contribution in [2.24, 2.45) is 11.8 Å². The second-order valence-electron chi connectivity index (χ2n) is 10.6. The summed E-state index contributed by atoms with van der Waals surface area (Å²) in [6.45, 7) is 10.1. The minimum atomic E-state index is -0.716. The van der Waals surface area contributed by atoms with Crippen LogP contribution in [0.15, 0.2) is 24.3 Å². The Labute approximate surface area is 217 Å². The van der Waals surface area contributed by atoms with Gasteiger partial charge in [-0.1, -0.05) is 13.3 Å². The Balaban J connectivity index is 1.65. The van der Waals surface area contributed by atoms with Crippen molar-refractivity contribution in [1.82, 2.24) is 10.2 Å². The number of benzene rings is 1. The average molecular weight is 518 g/mol. The number of rotatable bonds is 10. The largest absolute Gasteiger partial charge is 0.494 e. The van der Waals surface area contributed by atoms with Crippen LogP contribution in [-0.4, -0.2) is 68.6 Å². The lowest BCUT2D eigenvalue weighted by Crippen LogP contribution is -2.57. The first-order valence-corrected chi connectivity index (χ1v) is 13.9. The van der Waals surface area contributed by atoms with Crippen LogP contribution in [0.4, 0.5) is 5.69 Å². The van der Waals surface area contributed by atoms with Crippen LogP contribution in [0.1, 0.15) is 60.3 Å². The van der Waals surface area contributed by atoms with Gasteiger partial charge in [-0.15, -0.1) is 11.8 Å². The molecule has 1 spiro atoms. The molecule has 3 heterocycles. The Kier molecular flexibility index (Phi) is 7.62.